The fourth-order valence-corrected chi connectivity index (χ4v) is 3.12. The molecule has 8 heteroatoms. The van der Waals surface area contributed by atoms with Gasteiger partial charge in [-0.05, 0) is 37.3 Å². The lowest BCUT2D eigenvalue weighted by Gasteiger charge is -2.08. The van der Waals surface area contributed by atoms with Crippen LogP contribution in [-0.2, 0) is 9.53 Å². The van der Waals surface area contributed by atoms with E-state index in [0.29, 0.717) is 33.7 Å². The monoisotopic (exact) mass is 413 g/mol. The van der Waals surface area contributed by atoms with Crippen molar-refractivity contribution < 1.29 is 14.3 Å². The van der Waals surface area contributed by atoms with E-state index in [2.05, 4.69) is 25.3 Å². The lowest BCUT2D eigenvalue weighted by atomic mass is 10.1. The summed E-state index contributed by atoms with van der Waals surface area (Å²) in [4.78, 5) is 40.3. The third-order valence-corrected chi connectivity index (χ3v) is 4.46. The maximum absolute atomic E-state index is 12.3. The van der Waals surface area contributed by atoms with Crippen molar-refractivity contribution in [1.82, 2.24) is 19.9 Å². The van der Waals surface area contributed by atoms with Crippen molar-refractivity contribution in [3.8, 4) is 11.3 Å². The van der Waals surface area contributed by atoms with Crippen LogP contribution in [0.3, 0.4) is 0 Å². The average Bonchev–Trinajstić information content (AvgIpc) is 3.23. The molecular weight excluding hydrogens is 394 g/mol. The van der Waals surface area contributed by atoms with Crippen molar-refractivity contribution in [3.63, 3.8) is 0 Å². The van der Waals surface area contributed by atoms with Gasteiger partial charge >= 0.3 is 5.97 Å². The average molecular weight is 413 g/mol. The van der Waals surface area contributed by atoms with Gasteiger partial charge in [-0.25, -0.2) is 14.8 Å². The van der Waals surface area contributed by atoms with Crippen LogP contribution < -0.4 is 5.32 Å². The van der Waals surface area contributed by atoms with Gasteiger partial charge in [0, 0.05) is 29.7 Å². The number of esters is 1. The van der Waals surface area contributed by atoms with Crippen LogP contribution in [0.2, 0.25) is 0 Å². The second-order valence-electron chi connectivity index (χ2n) is 6.53. The zero-order valence-corrected chi connectivity index (χ0v) is 16.7. The number of pyridine rings is 1. The molecule has 2 N–H and O–H groups in total. The summed E-state index contributed by atoms with van der Waals surface area (Å²) in [5.41, 5.74) is 3.46. The standard InChI is InChI=1S/C23H19N5O3/c1-2-31-23(30)18-13-25-22-20(18)21(26-14-27-22)15-6-5-8-17(12-15)28-19(29)10-9-16-7-3-4-11-24-16/h3-14H,2H2,1H3,(H,28,29)(H,25,26,27). The quantitative estimate of drug-likeness (QED) is 0.367. The number of ether oxygens (including phenoxy) is 1. The molecule has 4 aromatic rings. The number of fused-ring (bicyclic) bond motifs is 1. The normalized spacial score (nSPS) is 11.0. The van der Waals surface area contributed by atoms with E-state index in [1.165, 1.54) is 12.4 Å². The highest BCUT2D eigenvalue weighted by Crippen LogP contribution is 2.30. The first kappa shape index (κ1) is 20.0. The molecule has 0 aliphatic rings. The van der Waals surface area contributed by atoms with Crippen LogP contribution in [0.15, 0.2) is 67.3 Å². The maximum Gasteiger partial charge on any atom is 0.340 e. The molecular formula is C23H19N5O3. The van der Waals surface area contributed by atoms with Gasteiger partial charge in [0.15, 0.2) is 0 Å². The molecule has 1 amide bonds. The number of carbonyl (C=O) groups excluding carboxylic acids is 2. The molecule has 0 aliphatic carbocycles. The number of nitrogens with one attached hydrogen (secondary N) is 2. The Labute approximate surface area is 178 Å². The van der Waals surface area contributed by atoms with Gasteiger partial charge in [-0.3, -0.25) is 9.78 Å². The van der Waals surface area contributed by atoms with E-state index in [1.54, 1.807) is 43.6 Å². The van der Waals surface area contributed by atoms with Gasteiger partial charge < -0.3 is 15.0 Å². The minimum Gasteiger partial charge on any atom is -0.462 e. The molecule has 8 nitrogen and oxygen atoms in total. The first-order valence-corrected chi connectivity index (χ1v) is 9.65. The van der Waals surface area contributed by atoms with Gasteiger partial charge in [-0.2, -0.15) is 0 Å². The van der Waals surface area contributed by atoms with Gasteiger partial charge in [-0.1, -0.05) is 18.2 Å². The highest BCUT2D eigenvalue weighted by atomic mass is 16.5. The zero-order valence-electron chi connectivity index (χ0n) is 16.7. The fourth-order valence-electron chi connectivity index (χ4n) is 3.12. The Bertz CT molecular complexity index is 1260. The summed E-state index contributed by atoms with van der Waals surface area (Å²) in [6.07, 6.45) is 7.70. The summed E-state index contributed by atoms with van der Waals surface area (Å²) in [7, 11) is 0. The Kier molecular flexibility index (Phi) is 5.79. The van der Waals surface area contributed by atoms with Crippen LogP contribution in [0.5, 0.6) is 0 Å². The lowest BCUT2D eigenvalue weighted by Crippen LogP contribution is -2.08. The Balaban J connectivity index is 1.62. The summed E-state index contributed by atoms with van der Waals surface area (Å²) in [6, 6.07) is 12.7. The lowest BCUT2D eigenvalue weighted by molar-refractivity contribution is -0.111. The number of carbonyl (C=O) groups is 2. The summed E-state index contributed by atoms with van der Waals surface area (Å²) < 4.78 is 5.14. The number of amides is 1. The highest BCUT2D eigenvalue weighted by molar-refractivity contribution is 6.08. The van der Waals surface area contributed by atoms with Crippen molar-refractivity contribution in [2.75, 3.05) is 11.9 Å². The van der Waals surface area contributed by atoms with E-state index in [-0.39, 0.29) is 12.5 Å². The van der Waals surface area contributed by atoms with E-state index in [1.807, 2.05) is 24.3 Å². The molecule has 0 saturated heterocycles. The van der Waals surface area contributed by atoms with Crippen molar-refractivity contribution in [2.45, 2.75) is 6.92 Å². The number of nitrogens with zero attached hydrogens (tertiary/aromatic N) is 3. The molecule has 0 spiro atoms. The SMILES string of the molecule is CCOC(=O)c1c[nH]c2ncnc(-c3cccc(NC(=O)C=Cc4ccccn4)c3)c12. The third-order valence-electron chi connectivity index (χ3n) is 4.46. The van der Waals surface area contributed by atoms with Crippen molar-refractivity contribution in [2.24, 2.45) is 0 Å². The van der Waals surface area contributed by atoms with E-state index in [0.717, 1.165) is 5.56 Å². The topological polar surface area (TPSA) is 110 Å². The number of hydrogen-bond donors (Lipinski definition) is 2. The van der Waals surface area contributed by atoms with Crippen LogP contribution in [0, 0.1) is 0 Å². The van der Waals surface area contributed by atoms with Gasteiger partial charge in [0.2, 0.25) is 5.91 Å². The fraction of sp³-hybridized carbons (Fsp3) is 0.0870. The van der Waals surface area contributed by atoms with Crippen molar-refractivity contribution >= 4 is 34.7 Å². The second kappa shape index (κ2) is 9.00. The molecule has 0 aliphatic heterocycles. The number of hydrogen-bond acceptors (Lipinski definition) is 6. The molecule has 3 aromatic heterocycles. The van der Waals surface area contributed by atoms with E-state index < -0.39 is 5.97 Å². The molecule has 0 bridgehead atoms. The summed E-state index contributed by atoms with van der Waals surface area (Å²) in [5.74, 6) is -0.738. The second-order valence-corrected chi connectivity index (χ2v) is 6.53. The van der Waals surface area contributed by atoms with Gasteiger partial charge in [0.1, 0.15) is 12.0 Å². The number of aromatic amines is 1. The van der Waals surface area contributed by atoms with Crippen LogP contribution in [0.25, 0.3) is 28.4 Å². The number of benzene rings is 1. The molecule has 4 rings (SSSR count). The third kappa shape index (κ3) is 4.48. The number of H-pyrrole nitrogens is 1. The van der Waals surface area contributed by atoms with Gasteiger partial charge in [0.05, 0.1) is 28.9 Å². The summed E-state index contributed by atoms with van der Waals surface area (Å²) in [5, 5.41) is 3.39. The molecule has 0 saturated carbocycles. The van der Waals surface area contributed by atoms with Crippen LogP contribution in [0.4, 0.5) is 5.69 Å². The van der Waals surface area contributed by atoms with E-state index in [4.69, 9.17) is 4.74 Å². The molecule has 0 atom stereocenters. The molecule has 0 fully saturated rings. The Morgan fingerprint density at radius 1 is 1.13 bits per heavy atom. The molecule has 1 aromatic carbocycles. The largest absolute Gasteiger partial charge is 0.462 e. The smallest absolute Gasteiger partial charge is 0.340 e. The van der Waals surface area contributed by atoms with Crippen LogP contribution >= 0.6 is 0 Å². The van der Waals surface area contributed by atoms with Crippen molar-refractivity contribution in [3.05, 3.63) is 78.5 Å². The molecule has 3 heterocycles. The van der Waals surface area contributed by atoms with Crippen LogP contribution in [-0.4, -0.2) is 38.4 Å². The molecule has 154 valence electrons. The first-order chi connectivity index (χ1) is 15.2. The minimum absolute atomic E-state index is 0.266. The number of rotatable bonds is 6. The molecule has 31 heavy (non-hydrogen) atoms. The number of aromatic nitrogens is 4. The first-order valence-electron chi connectivity index (χ1n) is 9.65. The highest BCUT2D eigenvalue weighted by Gasteiger charge is 2.19. The zero-order chi connectivity index (χ0) is 21.6. The maximum atomic E-state index is 12.3. The van der Waals surface area contributed by atoms with Crippen LogP contribution in [0.1, 0.15) is 23.0 Å². The minimum atomic E-state index is -0.450. The van der Waals surface area contributed by atoms with Crippen molar-refractivity contribution in [1.29, 1.82) is 0 Å². The van der Waals surface area contributed by atoms with Gasteiger partial charge in [-0.15, -0.1) is 0 Å². The van der Waals surface area contributed by atoms with E-state index >= 15 is 0 Å². The van der Waals surface area contributed by atoms with Gasteiger partial charge in [0.25, 0.3) is 0 Å². The Morgan fingerprint density at radius 2 is 2.03 bits per heavy atom. The molecule has 0 unspecified atom stereocenters. The Morgan fingerprint density at radius 3 is 2.84 bits per heavy atom. The predicted molar refractivity (Wildman–Crippen MR) is 117 cm³/mol. The summed E-state index contributed by atoms with van der Waals surface area (Å²) in [6.45, 7) is 2.01. The molecule has 0 radical (unpaired) electrons. The summed E-state index contributed by atoms with van der Waals surface area (Å²) >= 11 is 0. The van der Waals surface area contributed by atoms with E-state index in [9.17, 15) is 9.59 Å². The predicted octanol–water partition coefficient (Wildman–Crippen LogP) is 3.85. The Hall–Kier alpha value is -4.33. The number of anilines is 1.